The summed E-state index contributed by atoms with van der Waals surface area (Å²) in [6.07, 6.45) is 6.58. The van der Waals surface area contributed by atoms with Gasteiger partial charge in [0.15, 0.2) is 0 Å². The van der Waals surface area contributed by atoms with Crippen LogP contribution in [0.5, 0.6) is 0 Å². The molecule has 1 N–H and O–H groups in total. The molecule has 1 heterocycles. The molecular formula is C15H26N2O2S. The molecule has 1 saturated carbocycles. The van der Waals surface area contributed by atoms with Crippen molar-refractivity contribution in [3.63, 3.8) is 0 Å². The maximum absolute atomic E-state index is 12.6. The smallest absolute Gasteiger partial charge is 0.245 e. The monoisotopic (exact) mass is 298 g/mol. The zero-order valence-corrected chi connectivity index (χ0v) is 13.7. The molecule has 4 nitrogen and oxygen atoms in total. The average molecular weight is 298 g/mol. The third kappa shape index (κ3) is 2.97. The number of hydrogen-bond donors (Lipinski definition) is 1. The Kier molecular flexibility index (Phi) is 4.99. The van der Waals surface area contributed by atoms with Gasteiger partial charge < -0.3 is 10.2 Å². The Bertz CT molecular complexity index is 386. The summed E-state index contributed by atoms with van der Waals surface area (Å²) in [4.78, 5) is 26.8. The van der Waals surface area contributed by atoms with Crippen molar-refractivity contribution in [3.05, 3.63) is 0 Å². The second-order valence-corrected chi connectivity index (χ2v) is 7.48. The summed E-state index contributed by atoms with van der Waals surface area (Å²) in [7, 11) is 0. The molecule has 1 saturated heterocycles. The highest BCUT2D eigenvalue weighted by molar-refractivity contribution is 7.99. The summed E-state index contributed by atoms with van der Waals surface area (Å²) < 4.78 is 0. The molecule has 0 radical (unpaired) electrons. The van der Waals surface area contributed by atoms with Gasteiger partial charge in [0, 0.05) is 11.3 Å². The van der Waals surface area contributed by atoms with E-state index in [1.54, 1.807) is 6.92 Å². The minimum absolute atomic E-state index is 0.0124. The first kappa shape index (κ1) is 15.7. The van der Waals surface area contributed by atoms with E-state index in [0.29, 0.717) is 5.25 Å². The molecule has 0 aromatic rings. The Labute approximate surface area is 126 Å². The van der Waals surface area contributed by atoms with E-state index in [-0.39, 0.29) is 35.9 Å². The van der Waals surface area contributed by atoms with Crippen LogP contribution in [-0.2, 0) is 9.59 Å². The fourth-order valence-corrected chi connectivity index (χ4v) is 4.28. The average Bonchev–Trinajstić information content (AvgIpc) is 2.42. The first-order chi connectivity index (χ1) is 9.45. The molecule has 2 fully saturated rings. The molecule has 2 rings (SSSR count). The number of nitrogens with zero attached hydrogens (tertiary/aromatic N) is 1. The molecule has 0 aromatic heterocycles. The summed E-state index contributed by atoms with van der Waals surface area (Å²) in [5.74, 6) is 0.259. The highest BCUT2D eigenvalue weighted by Crippen LogP contribution is 2.33. The minimum atomic E-state index is -0.382. The summed E-state index contributed by atoms with van der Waals surface area (Å²) in [6, 6.07) is -0.453. The van der Waals surface area contributed by atoms with Crippen LogP contribution in [0.3, 0.4) is 0 Å². The number of amides is 2. The standard InChI is InChI=1S/C15H26N2O2S/c1-9(2)13-14(18)16-10(3)15(19)17(13)11-6-5-7-12(8-11)20-4/h9-13H,5-8H2,1-4H3,(H,16,18). The molecule has 4 unspecified atom stereocenters. The predicted molar refractivity (Wildman–Crippen MR) is 82.6 cm³/mol. The van der Waals surface area contributed by atoms with E-state index in [2.05, 4.69) is 11.6 Å². The predicted octanol–water partition coefficient (Wildman–Crippen LogP) is 2.03. The number of rotatable bonds is 3. The minimum Gasteiger partial charge on any atom is -0.343 e. The normalized spacial score (nSPS) is 35.4. The zero-order chi connectivity index (χ0) is 14.9. The molecule has 20 heavy (non-hydrogen) atoms. The van der Waals surface area contributed by atoms with Crippen molar-refractivity contribution in [1.29, 1.82) is 0 Å². The maximum Gasteiger partial charge on any atom is 0.245 e. The van der Waals surface area contributed by atoms with Gasteiger partial charge in [-0.25, -0.2) is 0 Å². The molecule has 5 heteroatoms. The van der Waals surface area contributed by atoms with Gasteiger partial charge in [0.05, 0.1) is 0 Å². The van der Waals surface area contributed by atoms with Crippen LogP contribution in [0.15, 0.2) is 0 Å². The Hall–Kier alpha value is -0.710. The lowest BCUT2D eigenvalue weighted by Gasteiger charge is -2.46. The van der Waals surface area contributed by atoms with E-state index in [4.69, 9.17) is 0 Å². The first-order valence-corrected chi connectivity index (χ1v) is 8.89. The molecule has 2 aliphatic rings. The van der Waals surface area contributed by atoms with Gasteiger partial charge in [0.25, 0.3) is 0 Å². The molecular weight excluding hydrogens is 272 g/mol. The van der Waals surface area contributed by atoms with Crippen LogP contribution in [0, 0.1) is 5.92 Å². The van der Waals surface area contributed by atoms with Crippen LogP contribution in [0.4, 0.5) is 0 Å². The SMILES string of the molecule is CSC1CCCC(N2C(=O)C(C)NC(=O)C2C(C)C)C1. The second kappa shape index (κ2) is 6.37. The third-order valence-corrected chi connectivity index (χ3v) is 5.60. The van der Waals surface area contributed by atoms with Gasteiger partial charge in [0.2, 0.25) is 11.8 Å². The molecule has 0 bridgehead atoms. The largest absolute Gasteiger partial charge is 0.343 e. The lowest BCUT2D eigenvalue weighted by Crippen LogP contribution is -2.66. The number of carbonyl (C=O) groups excluding carboxylic acids is 2. The summed E-state index contributed by atoms with van der Waals surface area (Å²) in [6.45, 7) is 5.84. The van der Waals surface area contributed by atoms with Crippen LogP contribution < -0.4 is 5.32 Å². The van der Waals surface area contributed by atoms with Crippen LogP contribution in [0.2, 0.25) is 0 Å². The fourth-order valence-electron chi connectivity index (χ4n) is 3.47. The van der Waals surface area contributed by atoms with Gasteiger partial charge >= 0.3 is 0 Å². The van der Waals surface area contributed by atoms with Crippen molar-refractivity contribution in [3.8, 4) is 0 Å². The Morgan fingerprint density at radius 1 is 1.30 bits per heavy atom. The maximum atomic E-state index is 12.6. The topological polar surface area (TPSA) is 49.4 Å². The van der Waals surface area contributed by atoms with Crippen LogP contribution in [0.25, 0.3) is 0 Å². The lowest BCUT2D eigenvalue weighted by molar-refractivity contribution is -0.154. The van der Waals surface area contributed by atoms with Crippen LogP contribution >= 0.6 is 11.8 Å². The lowest BCUT2D eigenvalue weighted by atomic mass is 9.88. The highest BCUT2D eigenvalue weighted by Gasteiger charge is 2.44. The van der Waals surface area contributed by atoms with Gasteiger partial charge in [-0.15, -0.1) is 0 Å². The van der Waals surface area contributed by atoms with E-state index in [0.717, 1.165) is 19.3 Å². The zero-order valence-electron chi connectivity index (χ0n) is 12.9. The Balaban J connectivity index is 2.23. The van der Waals surface area contributed by atoms with Crippen LogP contribution in [-0.4, -0.2) is 46.3 Å². The van der Waals surface area contributed by atoms with E-state index in [9.17, 15) is 9.59 Å². The second-order valence-electron chi connectivity index (χ2n) is 6.34. The van der Waals surface area contributed by atoms with Gasteiger partial charge in [-0.05, 0) is 38.4 Å². The van der Waals surface area contributed by atoms with E-state index < -0.39 is 0 Å². The van der Waals surface area contributed by atoms with Crippen molar-refractivity contribution in [2.24, 2.45) is 5.92 Å². The molecule has 1 aliphatic carbocycles. The number of hydrogen-bond acceptors (Lipinski definition) is 3. The van der Waals surface area contributed by atoms with Gasteiger partial charge in [-0.2, -0.15) is 11.8 Å². The van der Waals surface area contributed by atoms with Crippen LogP contribution in [0.1, 0.15) is 46.5 Å². The van der Waals surface area contributed by atoms with E-state index in [1.807, 2.05) is 30.5 Å². The summed E-state index contributed by atoms with van der Waals surface area (Å²) >= 11 is 1.89. The van der Waals surface area contributed by atoms with E-state index in [1.165, 1.54) is 6.42 Å². The van der Waals surface area contributed by atoms with Gasteiger partial charge in [-0.1, -0.05) is 20.3 Å². The van der Waals surface area contributed by atoms with Crippen molar-refractivity contribution in [1.82, 2.24) is 10.2 Å². The van der Waals surface area contributed by atoms with Gasteiger partial charge in [-0.3, -0.25) is 9.59 Å². The molecule has 1 aliphatic heterocycles. The molecule has 114 valence electrons. The fraction of sp³-hybridized carbons (Fsp3) is 0.867. The highest BCUT2D eigenvalue weighted by atomic mass is 32.2. The quantitative estimate of drug-likeness (QED) is 0.867. The summed E-state index contributed by atoms with van der Waals surface area (Å²) in [5, 5.41) is 3.44. The Morgan fingerprint density at radius 2 is 2.00 bits per heavy atom. The molecule has 4 atom stereocenters. The number of piperazine rings is 1. The van der Waals surface area contributed by atoms with Gasteiger partial charge in [0.1, 0.15) is 12.1 Å². The first-order valence-electron chi connectivity index (χ1n) is 7.61. The third-order valence-electron chi connectivity index (χ3n) is 4.51. The Morgan fingerprint density at radius 3 is 2.60 bits per heavy atom. The number of thioether (sulfide) groups is 1. The van der Waals surface area contributed by atoms with E-state index >= 15 is 0 Å². The van der Waals surface area contributed by atoms with Crippen molar-refractivity contribution in [2.75, 3.05) is 6.26 Å². The van der Waals surface area contributed by atoms with Crippen molar-refractivity contribution in [2.45, 2.75) is 69.8 Å². The number of nitrogens with one attached hydrogen (secondary N) is 1. The molecule has 0 spiro atoms. The molecule has 0 aromatic carbocycles. The molecule has 2 amide bonds. The number of carbonyl (C=O) groups is 2. The van der Waals surface area contributed by atoms with Crippen molar-refractivity contribution < 1.29 is 9.59 Å². The van der Waals surface area contributed by atoms with Crippen molar-refractivity contribution >= 4 is 23.6 Å². The summed E-state index contributed by atoms with van der Waals surface area (Å²) in [5.41, 5.74) is 0.